The number of hydrogen-bond donors (Lipinski definition) is 0. The van der Waals surface area contributed by atoms with Crippen LogP contribution in [-0.4, -0.2) is 12.6 Å². The molecule has 0 unspecified atom stereocenters. The monoisotopic (exact) mass is 272 g/mol. The Labute approximate surface area is 95.9 Å². The van der Waals surface area contributed by atoms with Crippen LogP contribution < -0.4 is 0 Å². The van der Waals surface area contributed by atoms with Gasteiger partial charge in [-0.1, -0.05) is 6.07 Å². The van der Waals surface area contributed by atoms with E-state index in [0.717, 1.165) is 0 Å². The lowest BCUT2D eigenvalue weighted by Gasteiger charge is -1.97. The Morgan fingerprint density at radius 1 is 1.60 bits per heavy atom. The van der Waals surface area contributed by atoms with Crippen molar-refractivity contribution in [3.05, 3.63) is 40.1 Å². The van der Waals surface area contributed by atoms with Crippen LogP contribution >= 0.6 is 15.9 Å². The van der Waals surface area contributed by atoms with Gasteiger partial charge < -0.3 is 4.74 Å². The largest absolute Gasteiger partial charge is 0.463 e. The minimum absolute atomic E-state index is 0.331. The van der Waals surface area contributed by atoms with Crippen molar-refractivity contribution < 1.29 is 13.9 Å². The molecule has 0 saturated heterocycles. The molecule has 0 amide bonds. The van der Waals surface area contributed by atoms with Crippen LogP contribution in [0.4, 0.5) is 4.39 Å². The van der Waals surface area contributed by atoms with Crippen molar-refractivity contribution in [3.63, 3.8) is 0 Å². The lowest BCUT2D eigenvalue weighted by atomic mass is 10.2. The molecule has 0 fully saturated rings. The van der Waals surface area contributed by atoms with Crippen molar-refractivity contribution in [2.45, 2.75) is 6.92 Å². The van der Waals surface area contributed by atoms with Gasteiger partial charge in [0.2, 0.25) is 0 Å². The molecule has 15 heavy (non-hydrogen) atoms. The number of esters is 1. The second-order valence-corrected chi connectivity index (χ2v) is 3.61. The summed E-state index contributed by atoms with van der Waals surface area (Å²) < 4.78 is 18.1. The fraction of sp³-hybridized carbons (Fsp3) is 0.182. The highest BCUT2D eigenvalue weighted by atomic mass is 79.9. The first kappa shape index (κ1) is 11.9. The van der Waals surface area contributed by atoms with Crippen LogP contribution in [0, 0.1) is 5.82 Å². The van der Waals surface area contributed by atoms with Gasteiger partial charge in [-0.05, 0) is 46.6 Å². The Balaban J connectivity index is 2.72. The van der Waals surface area contributed by atoms with Gasteiger partial charge in [0.1, 0.15) is 5.82 Å². The van der Waals surface area contributed by atoms with Crippen molar-refractivity contribution in [1.29, 1.82) is 0 Å². The highest BCUT2D eigenvalue weighted by Crippen LogP contribution is 2.17. The number of rotatable bonds is 3. The molecule has 0 atom stereocenters. The molecule has 0 saturated carbocycles. The Morgan fingerprint density at radius 3 is 2.93 bits per heavy atom. The van der Waals surface area contributed by atoms with E-state index < -0.39 is 5.97 Å². The highest BCUT2D eigenvalue weighted by molar-refractivity contribution is 9.10. The molecule has 80 valence electrons. The zero-order valence-electron chi connectivity index (χ0n) is 8.17. The lowest BCUT2D eigenvalue weighted by molar-refractivity contribution is -0.137. The van der Waals surface area contributed by atoms with E-state index in [1.54, 1.807) is 19.1 Å². The van der Waals surface area contributed by atoms with Crippen LogP contribution in [-0.2, 0) is 9.53 Å². The first-order chi connectivity index (χ1) is 7.13. The number of carbonyl (C=O) groups excluding carboxylic acids is 1. The number of hydrogen-bond acceptors (Lipinski definition) is 2. The van der Waals surface area contributed by atoms with Crippen LogP contribution in [0.2, 0.25) is 0 Å². The fourth-order valence-electron chi connectivity index (χ4n) is 0.971. The molecule has 2 nitrogen and oxygen atoms in total. The summed E-state index contributed by atoms with van der Waals surface area (Å²) in [6.45, 7) is 2.06. The van der Waals surface area contributed by atoms with E-state index in [1.807, 2.05) is 0 Å². The third-order valence-corrected chi connectivity index (χ3v) is 2.29. The van der Waals surface area contributed by atoms with Crippen LogP contribution in [0.25, 0.3) is 6.08 Å². The fourth-order valence-corrected chi connectivity index (χ4v) is 1.22. The third-order valence-electron chi connectivity index (χ3n) is 1.64. The summed E-state index contributed by atoms with van der Waals surface area (Å²) in [5.74, 6) is -0.790. The average molecular weight is 273 g/mol. The summed E-state index contributed by atoms with van der Waals surface area (Å²) in [5.41, 5.74) is 0.615. The second kappa shape index (κ2) is 5.66. The summed E-state index contributed by atoms with van der Waals surface area (Å²) >= 11 is 3.04. The molecule has 0 aromatic heterocycles. The molecule has 1 aromatic rings. The molecule has 0 spiro atoms. The van der Waals surface area contributed by atoms with Gasteiger partial charge in [-0.3, -0.25) is 0 Å². The van der Waals surface area contributed by atoms with Crippen LogP contribution in [0.15, 0.2) is 28.7 Å². The zero-order chi connectivity index (χ0) is 11.3. The van der Waals surface area contributed by atoms with E-state index in [-0.39, 0.29) is 5.82 Å². The van der Waals surface area contributed by atoms with Crippen molar-refractivity contribution >= 4 is 28.0 Å². The molecule has 0 heterocycles. The topological polar surface area (TPSA) is 26.3 Å². The van der Waals surface area contributed by atoms with Crippen molar-refractivity contribution in [3.8, 4) is 0 Å². The van der Waals surface area contributed by atoms with Gasteiger partial charge in [-0.25, -0.2) is 9.18 Å². The maximum Gasteiger partial charge on any atom is 0.330 e. The first-order valence-corrected chi connectivity index (χ1v) is 5.22. The predicted molar refractivity (Wildman–Crippen MR) is 59.8 cm³/mol. The summed E-state index contributed by atoms with van der Waals surface area (Å²) in [6.07, 6.45) is 2.78. The van der Waals surface area contributed by atoms with Gasteiger partial charge in [-0.2, -0.15) is 0 Å². The van der Waals surface area contributed by atoms with Gasteiger partial charge in [0.15, 0.2) is 0 Å². The molecule has 0 bridgehead atoms. The van der Waals surface area contributed by atoms with E-state index in [1.165, 1.54) is 18.2 Å². The van der Waals surface area contributed by atoms with Crippen LogP contribution in [0.5, 0.6) is 0 Å². The molecular formula is C11H10BrFO2. The predicted octanol–water partition coefficient (Wildman–Crippen LogP) is 3.16. The van der Waals surface area contributed by atoms with E-state index in [4.69, 9.17) is 0 Å². The number of carbonyl (C=O) groups is 1. The lowest BCUT2D eigenvalue weighted by Crippen LogP contribution is -1.98. The third kappa shape index (κ3) is 3.83. The molecule has 0 aliphatic rings. The molecule has 0 aliphatic carbocycles. The van der Waals surface area contributed by atoms with Crippen molar-refractivity contribution in [2.75, 3.05) is 6.61 Å². The quantitative estimate of drug-likeness (QED) is 0.624. The minimum Gasteiger partial charge on any atom is -0.463 e. The summed E-state index contributed by atoms with van der Waals surface area (Å²) in [7, 11) is 0. The smallest absolute Gasteiger partial charge is 0.330 e. The van der Waals surface area contributed by atoms with Crippen LogP contribution in [0.3, 0.4) is 0 Å². The summed E-state index contributed by atoms with van der Waals surface area (Å²) in [6, 6.07) is 4.61. The molecular weight excluding hydrogens is 263 g/mol. The highest BCUT2D eigenvalue weighted by Gasteiger charge is 1.99. The van der Waals surface area contributed by atoms with E-state index in [9.17, 15) is 9.18 Å². The Bertz CT molecular complexity index is 388. The maximum absolute atomic E-state index is 13.1. The van der Waals surface area contributed by atoms with Gasteiger partial charge in [-0.15, -0.1) is 0 Å². The van der Waals surface area contributed by atoms with E-state index in [0.29, 0.717) is 16.6 Å². The number of benzene rings is 1. The van der Waals surface area contributed by atoms with Crippen molar-refractivity contribution in [2.24, 2.45) is 0 Å². The molecule has 4 heteroatoms. The van der Waals surface area contributed by atoms with Crippen molar-refractivity contribution in [1.82, 2.24) is 0 Å². The molecule has 1 aromatic carbocycles. The average Bonchev–Trinajstić information content (AvgIpc) is 2.20. The maximum atomic E-state index is 13.1. The Morgan fingerprint density at radius 2 is 2.33 bits per heavy atom. The zero-order valence-corrected chi connectivity index (χ0v) is 9.75. The van der Waals surface area contributed by atoms with E-state index in [2.05, 4.69) is 20.7 Å². The standard InChI is InChI=1S/C11H10BrFO2/c1-2-15-11(14)6-4-8-3-5-9(12)10(13)7-8/h3-7H,2H2,1H3. The van der Waals surface area contributed by atoms with Gasteiger partial charge in [0, 0.05) is 6.08 Å². The summed E-state index contributed by atoms with van der Waals surface area (Å²) in [4.78, 5) is 11.0. The normalized spacial score (nSPS) is 10.6. The molecule has 0 N–H and O–H groups in total. The van der Waals surface area contributed by atoms with Gasteiger partial charge in [0.05, 0.1) is 11.1 Å². The van der Waals surface area contributed by atoms with Crippen LogP contribution in [0.1, 0.15) is 12.5 Å². The summed E-state index contributed by atoms with van der Waals surface area (Å²) in [5, 5.41) is 0. The SMILES string of the molecule is CCOC(=O)C=Cc1ccc(Br)c(F)c1. The molecule has 0 aliphatic heterocycles. The second-order valence-electron chi connectivity index (χ2n) is 2.76. The van der Waals surface area contributed by atoms with E-state index >= 15 is 0 Å². The number of halogens is 2. The van der Waals surface area contributed by atoms with Gasteiger partial charge in [0.25, 0.3) is 0 Å². The Hall–Kier alpha value is -1.16. The first-order valence-electron chi connectivity index (χ1n) is 4.43. The number of ether oxygens (including phenoxy) is 1. The molecule has 1 rings (SSSR count). The van der Waals surface area contributed by atoms with Gasteiger partial charge >= 0.3 is 5.97 Å². The molecule has 0 radical (unpaired) electrons. The Kier molecular flexibility index (Phi) is 4.49. The minimum atomic E-state index is -0.430.